The van der Waals surface area contributed by atoms with Gasteiger partial charge in [0.25, 0.3) is 0 Å². The van der Waals surface area contributed by atoms with Crippen LogP contribution >= 0.6 is 24.0 Å². The highest BCUT2D eigenvalue weighted by atomic mass is 127. The lowest BCUT2D eigenvalue weighted by atomic mass is 10.2. The van der Waals surface area contributed by atoms with E-state index in [9.17, 15) is 0 Å². The van der Waals surface area contributed by atoms with Crippen molar-refractivity contribution in [3.63, 3.8) is 0 Å². The quantitative estimate of drug-likeness (QED) is 0.157. The minimum Gasteiger partial charge on any atom is -0.383 e. The minimum atomic E-state index is 0. The first-order valence-electron chi connectivity index (χ1n) is 8.35. The van der Waals surface area contributed by atoms with E-state index < -0.39 is 0 Å². The van der Waals surface area contributed by atoms with Crippen LogP contribution in [0.3, 0.4) is 0 Å². The van der Waals surface area contributed by atoms with Gasteiger partial charge in [0.15, 0.2) is 5.96 Å². The number of nitrogens with zero attached hydrogens (tertiary/aromatic N) is 3. The first-order chi connectivity index (χ1) is 10.7. The van der Waals surface area contributed by atoms with Crippen molar-refractivity contribution in [1.29, 1.82) is 0 Å². The van der Waals surface area contributed by atoms with E-state index in [1.165, 1.54) is 19.3 Å². The Hall–Kier alpha value is -0.340. The molecule has 0 aliphatic heterocycles. The molecule has 5 nitrogen and oxygen atoms in total. The van der Waals surface area contributed by atoms with E-state index in [1.807, 2.05) is 13.1 Å². The lowest BCUT2D eigenvalue weighted by Crippen LogP contribution is -2.40. The number of aliphatic imine (C=N–C) groups is 1. The molecule has 0 saturated carbocycles. The highest BCUT2D eigenvalue weighted by Crippen LogP contribution is 2.01. The Kier molecular flexibility index (Phi) is 19.5. The minimum absolute atomic E-state index is 0. The van der Waals surface area contributed by atoms with Crippen LogP contribution in [0.15, 0.2) is 17.6 Å². The van der Waals surface area contributed by atoms with Crippen LogP contribution in [0, 0.1) is 0 Å². The Morgan fingerprint density at radius 2 is 1.87 bits per heavy atom. The summed E-state index contributed by atoms with van der Waals surface area (Å²) in [6.45, 7) is 8.59. The van der Waals surface area contributed by atoms with Gasteiger partial charge in [-0.15, -0.1) is 30.6 Å². The van der Waals surface area contributed by atoms with Crippen molar-refractivity contribution >= 4 is 29.9 Å². The molecule has 23 heavy (non-hydrogen) atoms. The average Bonchev–Trinajstić information content (AvgIpc) is 2.52. The molecule has 0 heterocycles. The Labute approximate surface area is 160 Å². The summed E-state index contributed by atoms with van der Waals surface area (Å²) in [6, 6.07) is 0. The summed E-state index contributed by atoms with van der Waals surface area (Å²) in [6.07, 6.45) is 7.90. The normalized spacial score (nSPS) is 11.3. The molecule has 0 spiro atoms. The number of rotatable bonds is 13. The predicted octanol–water partition coefficient (Wildman–Crippen LogP) is 2.83. The Bertz CT molecular complexity index is 300. The number of nitrogens with one attached hydrogen (secondary N) is 1. The van der Waals surface area contributed by atoms with E-state index in [0.29, 0.717) is 0 Å². The first kappa shape index (κ1) is 24.9. The molecule has 6 heteroatoms. The zero-order valence-corrected chi connectivity index (χ0v) is 17.8. The number of hydrogen-bond donors (Lipinski definition) is 1. The predicted molar refractivity (Wildman–Crippen MR) is 112 cm³/mol. The highest BCUT2D eigenvalue weighted by molar-refractivity contribution is 14.0. The third-order valence-corrected chi connectivity index (χ3v) is 3.65. The molecule has 0 atom stereocenters. The summed E-state index contributed by atoms with van der Waals surface area (Å²) >= 11 is 0. The highest BCUT2D eigenvalue weighted by Gasteiger charge is 2.05. The fourth-order valence-electron chi connectivity index (χ4n) is 2.21. The van der Waals surface area contributed by atoms with Crippen LogP contribution < -0.4 is 5.32 Å². The van der Waals surface area contributed by atoms with Gasteiger partial charge in [-0.3, -0.25) is 4.99 Å². The van der Waals surface area contributed by atoms with Gasteiger partial charge in [0.1, 0.15) is 0 Å². The zero-order valence-electron chi connectivity index (χ0n) is 15.5. The van der Waals surface area contributed by atoms with E-state index in [0.717, 1.165) is 51.6 Å². The van der Waals surface area contributed by atoms with Gasteiger partial charge in [-0.05, 0) is 39.3 Å². The van der Waals surface area contributed by atoms with Crippen LogP contribution in [0.5, 0.6) is 0 Å². The maximum absolute atomic E-state index is 5.08. The SMILES string of the molecule is C=CCCCCCN(C)C(=NC)NCCCN(C)CCOC.I. The van der Waals surface area contributed by atoms with Crippen molar-refractivity contribution in [2.45, 2.75) is 32.1 Å². The standard InChI is InChI=1S/C17H36N4O.HI/c1-6-7-8-9-10-14-21(4)17(18-2)19-12-11-13-20(3)15-16-22-5;/h6H,1,7-16H2,2-5H3,(H,18,19);1H. The summed E-state index contributed by atoms with van der Waals surface area (Å²) in [5.74, 6) is 0.989. The van der Waals surface area contributed by atoms with E-state index >= 15 is 0 Å². The third-order valence-electron chi connectivity index (χ3n) is 3.65. The van der Waals surface area contributed by atoms with Gasteiger partial charge >= 0.3 is 0 Å². The number of methoxy groups -OCH3 is 1. The molecule has 0 bridgehead atoms. The van der Waals surface area contributed by atoms with Gasteiger partial charge in [-0.25, -0.2) is 0 Å². The molecule has 0 saturated heterocycles. The second-order valence-corrected chi connectivity index (χ2v) is 5.68. The molecule has 0 aromatic heterocycles. The van der Waals surface area contributed by atoms with Gasteiger partial charge in [-0.1, -0.05) is 12.5 Å². The number of guanidine groups is 1. The average molecular weight is 440 g/mol. The lowest BCUT2D eigenvalue weighted by Gasteiger charge is -2.22. The number of hydrogen-bond acceptors (Lipinski definition) is 3. The van der Waals surface area contributed by atoms with Crippen molar-refractivity contribution in [2.24, 2.45) is 4.99 Å². The van der Waals surface area contributed by atoms with Crippen molar-refractivity contribution in [3.05, 3.63) is 12.7 Å². The summed E-state index contributed by atoms with van der Waals surface area (Å²) in [7, 11) is 7.82. The van der Waals surface area contributed by atoms with Gasteiger partial charge < -0.3 is 19.9 Å². The fraction of sp³-hybridized carbons (Fsp3) is 0.824. The van der Waals surface area contributed by atoms with E-state index in [2.05, 4.69) is 40.8 Å². The topological polar surface area (TPSA) is 40.1 Å². The smallest absolute Gasteiger partial charge is 0.193 e. The van der Waals surface area contributed by atoms with Gasteiger partial charge in [0, 0.05) is 40.8 Å². The Morgan fingerprint density at radius 1 is 1.13 bits per heavy atom. The number of halogens is 1. The van der Waals surface area contributed by atoms with Crippen molar-refractivity contribution in [3.8, 4) is 0 Å². The number of likely N-dealkylation sites (N-methyl/N-ethyl adjacent to an activating group) is 1. The summed E-state index contributed by atoms with van der Waals surface area (Å²) in [5, 5.41) is 3.43. The third kappa shape index (κ3) is 15.0. The van der Waals surface area contributed by atoms with Crippen LogP contribution in [0.25, 0.3) is 0 Å². The maximum atomic E-state index is 5.08. The molecule has 0 amide bonds. The molecule has 1 N–H and O–H groups in total. The second kappa shape index (κ2) is 18.0. The Morgan fingerprint density at radius 3 is 2.48 bits per heavy atom. The zero-order chi connectivity index (χ0) is 16.6. The van der Waals surface area contributed by atoms with Crippen molar-refractivity contribution < 1.29 is 4.74 Å². The molecule has 0 fully saturated rings. The molecular weight excluding hydrogens is 403 g/mol. The second-order valence-electron chi connectivity index (χ2n) is 5.68. The molecule has 0 aliphatic carbocycles. The van der Waals surface area contributed by atoms with Gasteiger partial charge in [-0.2, -0.15) is 0 Å². The van der Waals surface area contributed by atoms with Crippen LogP contribution in [-0.2, 0) is 4.74 Å². The summed E-state index contributed by atoms with van der Waals surface area (Å²) in [4.78, 5) is 8.85. The Balaban J connectivity index is 0. The molecule has 0 aromatic carbocycles. The summed E-state index contributed by atoms with van der Waals surface area (Å²) < 4.78 is 5.08. The van der Waals surface area contributed by atoms with Gasteiger partial charge in [0.05, 0.1) is 6.61 Å². The van der Waals surface area contributed by atoms with Gasteiger partial charge in [0.2, 0.25) is 0 Å². The number of allylic oxidation sites excluding steroid dienone is 1. The molecular formula is C17H37IN4O. The number of unbranched alkanes of at least 4 members (excludes halogenated alkanes) is 3. The van der Waals surface area contributed by atoms with E-state index in [4.69, 9.17) is 4.74 Å². The van der Waals surface area contributed by atoms with Crippen LogP contribution in [-0.4, -0.2) is 76.8 Å². The molecule has 0 rings (SSSR count). The van der Waals surface area contributed by atoms with Crippen LogP contribution in [0.2, 0.25) is 0 Å². The lowest BCUT2D eigenvalue weighted by molar-refractivity contribution is 0.161. The fourth-order valence-corrected chi connectivity index (χ4v) is 2.21. The van der Waals surface area contributed by atoms with E-state index in [-0.39, 0.29) is 24.0 Å². The molecule has 138 valence electrons. The summed E-state index contributed by atoms with van der Waals surface area (Å²) in [5.41, 5.74) is 0. The van der Waals surface area contributed by atoms with Crippen molar-refractivity contribution in [1.82, 2.24) is 15.1 Å². The maximum Gasteiger partial charge on any atom is 0.193 e. The van der Waals surface area contributed by atoms with Crippen LogP contribution in [0.1, 0.15) is 32.1 Å². The molecule has 0 aliphatic rings. The van der Waals surface area contributed by atoms with E-state index in [1.54, 1.807) is 7.11 Å². The molecule has 0 unspecified atom stereocenters. The monoisotopic (exact) mass is 440 g/mol. The molecule has 0 aromatic rings. The number of ether oxygens (including phenoxy) is 1. The van der Waals surface area contributed by atoms with Crippen molar-refractivity contribution in [2.75, 3.05) is 61.0 Å². The largest absolute Gasteiger partial charge is 0.383 e. The first-order valence-corrected chi connectivity index (χ1v) is 8.35. The molecule has 0 radical (unpaired) electrons. The van der Waals surface area contributed by atoms with Crippen LogP contribution in [0.4, 0.5) is 0 Å².